The first-order chi connectivity index (χ1) is 13.3. The first-order valence-electron chi connectivity index (χ1n) is 10.5. The van der Waals surface area contributed by atoms with E-state index in [0.29, 0.717) is 11.5 Å². The number of allylic oxidation sites excluding steroid dienone is 1. The van der Waals surface area contributed by atoms with Crippen molar-refractivity contribution in [2.75, 3.05) is 0 Å². The Balaban J connectivity index is 1.55. The number of rotatable bonds is 5. The lowest BCUT2D eigenvalue weighted by Gasteiger charge is -2.38. The Hall–Kier alpha value is -1.39. The van der Waals surface area contributed by atoms with Gasteiger partial charge in [0.1, 0.15) is 17.2 Å². The molecule has 0 spiro atoms. The third-order valence-electron chi connectivity index (χ3n) is 6.93. The topological polar surface area (TPSA) is 0 Å². The number of hydrogen-bond acceptors (Lipinski definition) is 0. The van der Waals surface area contributed by atoms with Crippen LogP contribution in [0.25, 0.3) is 0 Å². The van der Waals surface area contributed by atoms with E-state index in [4.69, 9.17) is 0 Å². The minimum Gasteiger partial charge on any atom is -0.206 e. The van der Waals surface area contributed by atoms with Crippen LogP contribution in [0, 0.1) is 29.4 Å². The van der Waals surface area contributed by atoms with Crippen molar-refractivity contribution in [1.82, 2.24) is 0 Å². The third kappa shape index (κ3) is 4.96. The van der Waals surface area contributed by atoms with Crippen LogP contribution in [0.1, 0.15) is 81.3 Å². The smallest absolute Gasteiger partial charge is 0.206 e. The normalized spacial score (nSPS) is 28.9. The van der Waals surface area contributed by atoms with Crippen molar-refractivity contribution in [3.05, 3.63) is 47.5 Å². The largest absolute Gasteiger partial charge is 0.422 e. The van der Waals surface area contributed by atoms with Crippen LogP contribution in [0.4, 0.5) is 22.0 Å². The van der Waals surface area contributed by atoms with Crippen LogP contribution in [-0.4, -0.2) is 0 Å². The number of benzene rings is 1. The van der Waals surface area contributed by atoms with E-state index in [1.165, 1.54) is 32.1 Å². The zero-order valence-corrected chi connectivity index (χ0v) is 16.2. The van der Waals surface area contributed by atoms with E-state index < -0.39 is 23.4 Å². The monoisotopic (exact) mass is 400 g/mol. The second-order valence-corrected chi connectivity index (χ2v) is 8.62. The lowest BCUT2D eigenvalue weighted by molar-refractivity contribution is -0.142. The second-order valence-electron chi connectivity index (χ2n) is 8.62. The van der Waals surface area contributed by atoms with Crippen LogP contribution in [0.5, 0.6) is 0 Å². The fourth-order valence-electron chi connectivity index (χ4n) is 5.33. The Morgan fingerprint density at radius 2 is 1.36 bits per heavy atom. The molecule has 5 heteroatoms. The number of alkyl halides is 3. The summed E-state index contributed by atoms with van der Waals surface area (Å²) in [5.74, 6) is -0.872. The number of halogens is 5. The Morgan fingerprint density at radius 1 is 0.857 bits per heavy atom. The summed E-state index contributed by atoms with van der Waals surface area (Å²) in [6.07, 6.45) is 7.93. The molecule has 0 nitrogen and oxygen atoms in total. The van der Waals surface area contributed by atoms with E-state index >= 15 is 0 Å². The van der Waals surface area contributed by atoms with Gasteiger partial charge in [-0.2, -0.15) is 13.2 Å². The van der Waals surface area contributed by atoms with Gasteiger partial charge in [0.25, 0.3) is 0 Å². The molecule has 0 unspecified atom stereocenters. The predicted molar refractivity (Wildman–Crippen MR) is 101 cm³/mol. The average molecular weight is 400 g/mol. The second kappa shape index (κ2) is 8.96. The molecule has 0 bridgehead atoms. The van der Waals surface area contributed by atoms with E-state index in [-0.39, 0.29) is 5.92 Å². The minimum atomic E-state index is -5.01. The summed E-state index contributed by atoms with van der Waals surface area (Å²) in [4.78, 5) is 0. The molecule has 0 aliphatic heterocycles. The summed E-state index contributed by atoms with van der Waals surface area (Å²) < 4.78 is 66.0. The van der Waals surface area contributed by atoms with Crippen molar-refractivity contribution in [3.63, 3.8) is 0 Å². The molecule has 0 radical (unpaired) electrons. The van der Waals surface area contributed by atoms with Crippen LogP contribution >= 0.6 is 0 Å². The van der Waals surface area contributed by atoms with Gasteiger partial charge in [-0.25, -0.2) is 8.78 Å². The van der Waals surface area contributed by atoms with Gasteiger partial charge >= 0.3 is 6.18 Å². The van der Waals surface area contributed by atoms with Gasteiger partial charge in [0.15, 0.2) is 0 Å². The highest BCUT2D eigenvalue weighted by molar-refractivity contribution is 5.30. The fourth-order valence-corrected chi connectivity index (χ4v) is 5.33. The lowest BCUT2D eigenvalue weighted by atomic mass is 9.68. The molecule has 3 rings (SSSR count). The SMILES string of the molecule is C=CCCC1CCC(C2CCC(c3cc(F)c(C(F)(F)F)c(F)c3)CC2)CC1. The molecule has 0 atom stereocenters. The fraction of sp³-hybridized carbons (Fsp3) is 0.652. The molecule has 2 fully saturated rings. The summed E-state index contributed by atoms with van der Waals surface area (Å²) in [6, 6.07) is 1.78. The molecule has 0 saturated heterocycles. The van der Waals surface area contributed by atoms with Gasteiger partial charge in [-0.15, -0.1) is 6.58 Å². The molecule has 2 saturated carbocycles. The molecule has 2 aliphatic carbocycles. The molecular formula is C23H29F5. The van der Waals surface area contributed by atoms with Gasteiger partial charge in [0, 0.05) is 0 Å². The van der Waals surface area contributed by atoms with E-state index in [9.17, 15) is 22.0 Å². The van der Waals surface area contributed by atoms with Crippen molar-refractivity contribution >= 4 is 0 Å². The van der Waals surface area contributed by atoms with Crippen LogP contribution in [0.3, 0.4) is 0 Å². The molecule has 0 aromatic heterocycles. The standard InChI is InChI=1S/C23H29F5/c1-2-3-4-15-5-7-16(8-6-15)17-9-11-18(12-10-17)19-13-20(24)22(21(25)14-19)23(26,27)28/h2,13-18H,1,3-12H2. The zero-order valence-electron chi connectivity index (χ0n) is 16.2. The number of hydrogen-bond donors (Lipinski definition) is 0. The molecular weight excluding hydrogens is 371 g/mol. The Labute approximate surface area is 164 Å². The van der Waals surface area contributed by atoms with Crippen LogP contribution in [0.2, 0.25) is 0 Å². The molecule has 1 aromatic rings. The molecule has 0 heterocycles. The molecule has 0 N–H and O–H groups in total. The molecule has 28 heavy (non-hydrogen) atoms. The van der Waals surface area contributed by atoms with E-state index in [2.05, 4.69) is 6.58 Å². The molecule has 2 aliphatic rings. The van der Waals surface area contributed by atoms with Crippen molar-refractivity contribution < 1.29 is 22.0 Å². The predicted octanol–water partition coefficient (Wildman–Crippen LogP) is 8.03. The summed E-state index contributed by atoms with van der Waals surface area (Å²) in [5, 5.41) is 0. The minimum absolute atomic E-state index is 0.0496. The highest BCUT2D eigenvalue weighted by atomic mass is 19.4. The van der Waals surface area contributed by atoms with Gasteiger partial charge in [-0.3, -0.25) is 0 Å². The van der Waals surface area contributed by atoms with E-state index in [0.717, 1.165) is 56.1 Å². The summed E-state index contributed by atoms with van der Waals surface area (Å²) in [5.41, 5.74) is -1.41. The van der Waals surface area contributed by atoms with E-state index in [1.54, 1.807) is 0 Å². The summed E-state index contributed by atoms with van der Waals surface area (Å²) in [7, 11) is 0. The first-order valence-corrected chi connectivity index (χ1v) is 10.5. The zero-order chi connectivity index (χ0) is 20.3. The third-order valence-corrected chi connectivity index (χ3v) is 6.93. The maximum atomic E-state index is 13.9. The summed E-state index contributed by atoms with van der Waals surface area (Å²) >= 11 is 0. The highest BCUT2D eigenvalue weighted by Crippen LogP contribution is 2.45. The van der Waals surface area contributed by atoms with Crippen LogP contribution in [0.15, 0.2) is 24.8 Å². The van der Waals surface area contributed by atoms with Gasteiger partial charge in [-0.1, -0.05) is 18.9 Å². The quantitative estimate of drug-likeness (QED) is 0.347. The van der Waals surface area contributed by atoms with Crippen molar-refractivity contribution in [2.24, 2.45) is 17.8 Å². The lowest BCUT2D eigenvalue weighted by Crippen LogP contribution is -2.25. The van der Waals surface area contributed by atoms with Gasteiger partial charge in [0.05, 0.1) is 0 Å². The Bertz CT molecular complexity index is 639. The summed E-state index contributed by atoms with van der Waals surface area (Å²) in [6.45, 7) is 3.79. The van der Waals surface area contributed by atoms with Crippen molar-refractivity contribution in [2.45, 2.75) is 76.3 Å². The first kappa shape index (κ1) is 21.3. The van der Waals surface area contributed by atoms with Crippen LogP contribution < -0.4 is 0 Å². The maximum absolute atomic E-state index is 13.9. The van der Waals surface area contributed by atoms with Gasteiger partial charge < -0.3 is 0 Å². The maximum Gasteiger partial charge on any atom is 0.422 e. The van der Waals surface area contributed by atoms with E-state index in [1.807, 2.05) is 6.08 Å². The van der Waals surface area contributed by atoms with Crippen molar-refractivity contribution in [3.8, 4) is 0 Å². The van der Waals surface area contributed by atoms with Crippen molar-refractivity contribution in [1.29, 1.82) is 0 Å². The Kier molecular flexibility index (Phi) is 6.82. The Morgan fingerprint density at radius 3 is 1.82 bits per heavy atom. The van der Waals surface area contributed by atoms with Gasteiger partial charge in [0.2, 0.25) is 0 Å². The molecule has 156 valence electrons. The van der Waals surface area contributed by atoms with Crippen LogP contribution in [-0.2, 0) is 6.18 Å². The average Bonchev–Trinajstić information content (AvgIpc) is 2.65. The molecule has 0 amide bonds. The highest BCUT2D eigenvalue weighted by Gasteiger charge is 2.39. The molecule has 1 aromatic carbocycles. The van der Waals surface area contributed by atoms with Gasteiger partial charge in [-0.05, 0) is 92.7 Å².